The molecule has 1 aliphatic rings. The van der Waals surface area contributed by atoms with E-state index in [2.05, 4.69) is 22.8 Å². The monoisotopic (exact) mass is 466 g/mol. The topological polar surface area (TPSA) is 105 Å². The Morgan fingerprint density at radius 2 is 1.53 bits per heavy atom. The molecule has 0 saturated heterocycles. The van der Waals surface area contributed by atoms with Crippen molar-refractivity contribution in [3.8, 4) is 11.1 Å². The molecule has 2 aromatic carbocycles. The molecule has 7 heteroatoms. The van der Waals surface area contributed by atoms with E-state index in [0.29, 0.717) is 19.3 Å². The van der Waals surface area contributed by atoms with Crippen molar-refractivity contribution in [3.63, 3.8) is 0 Å². The third kappa shape index (κ3) is 6.37. The van der Waals surface area contributed by atoms with Gasteiger partial charge < -0.3 is 20.5 Å². The van der Waals surface area contributed by atoms with Gasteiger partial charge >= 0.3 is 12.1 Å². The number of alkyl carbamates (subject to hydrolysis) is 1. The number of hydrogen-bond acceptors (Lipinski definition) is 4. The van der Waals surface area contributed by atoms with Gasteiger partial charge in [-0.05, 0) is 35.1 Å². The van der Waals surface area contributed by atoms with Gasteiger partial charge in [0, 0.05) is 12.0 Å². The Kier molecular flexibility index (Phi) is 9.08. The number of carbonyl (C=O) groups excluding carboxylic acids is 2. The average molecular weight is 467 g/mol. The highest BCUT2D eigenvalue weighted by atomic mass is 16.5. The maximum Gasteiger partial charge on any atom is 0.407 e. The molecule has 2 atom stereocenters. The van der Waals surface area contributed by atoms with Crippen molar-refractivity contribution in [2.45, 2.75) is 70.4 Å². The van der Waals surface area contributed by atoms with Crippen LogP contribution >= 0.6 is 0 Å². The van der Waals surface area contributed by atoms with Gasteiger partial charge in [0.2, 0.25) is 5.91 Å². The van der Waals surface area contributed by atoms with Crippen molar-refractivity contribution in [3.05, 3.63) is 59.7 Å². The van der Waals surface area contributed by atoms with Gasteiger partial charge in [0.1, 0.15) is 12.6 Å². The van der Waals surface area contributed by atoms with Crippen LogP contribution in [0.3, 0.4) is 0 Å². The Bertz CT molecular complexity index is 961. The van der Waals surface area contributed by atoms with Crippen LogP contribution < -0.4 is 10.6 Å². The number of amides is 2. The normalized spacial score (nSPS) is 13.9. The van der Waals surface area contributed by atoms with Gasteiger partial charge in [-0.1, -0.05) is 81.6 Å². The molecular weight excluding hydrogens is 432 g/mol. The number of fused-ring (bicyclic) bond motifs is 3. The first-order valence-electron chi connectivity index (χ1n) is 12.1. The highest BCUT2D eigenvalue weighted by Gasteiger charge is 2.30. The molecule has 182 valence electrons. The zero-order valence-electron chi connectivity index (χ0n) is 19.9. The first-order chi connectivity index (χ1) is 16.4. The van der Waals surface area contributed by atoms with Crippen LogP contribution in [-0.2, 0) is 14.3 Å². The Balaban J connectivity index is 1.62. The third-order valence-electron chi connectivity index (χ3n) is 6.20. The molecule has 0 fully saturated rings. The zero-order valence-corrected chi connectivity index (χ0v) is 19.9. The van der Waals surface area contributed by atoms with E-state index in [1.54, 1.807) is 0 Å². The number of ether oxygens (including phenoxy) is 1. The summed E-state index contributed by atoms with van der Waals surface area (Å²) in [6.07, 6.45) is 2.62. The average Bonchev–Trinajstić information content (AvgIpc) is 3.14. The van der Waals surface area contributed by atoms with E-state index in [0.717, 1.165) is 35.1 Å². The van der Waals surface area contributed by atoms with Crippen molar-refractivity contribution >= 4 is 18.0 Å². The van der Waals surface area contributed by atoms with Crippen LogP contribution in [0, 0.1) is 0 Å². The predicted octanol–water partition coefficient (Wildman–Crippen LogP) is 4.84. The Morgan fingerprint density at radius 1 is 0.912 bits per heavy atom. The van der Waals surface area contributed by atoms with E-state index < -0.39 is 24.1 Å². The molecule has 2 amide bonds. The first kappa shape index (κ1) is 25.3. The molecule has 0 aliphatic heterocycles. The summed E-state index contributed by atoms with van der Waals surface area (Å²) in [6, 6.07) is 14.9. The molecule has 0 heterocycles. The largest absolute Gasteiger partial charge is 0.481 e. The molecule has 1 aliphatic carbocycles. The highest BCUT2D eigenvalue weighted by Crippen LogP contribution is 2.44. The molecule has 2 aromatic rings. The minimum atomic E-state index is -0.960. The number of carboxylic acid groups (broad SMARTS) is 1. The van der Waals surface area contributed by atoms with E-state index in [1.807, 2.05) is 50.2 Å². The number of nitrogens with one attached hydrogen (secondary N) is 2. The molecule has 0 radical (unpaired) electrons. The van der Waals surface area contributed by atoms with Gasteiger partial charge in [-0.25, -0.2) is 4.79 Å². The number of carbonyl (C=O) groups is 3. The fourth-order valence-corrected chi connectivity index (χ4v) is 4.53. The molecule has 7 nitrogen and oxygen atoms in total. The second-order valence-corrected chi connectivity index (χ2v) is 8.76. The lowest BCUT2D eigenvalue weighted by atomic mass is 9.98. The molecule has 34 heavy (non-hydrogen) atoms. The van der Waals surface area contributed by atoms with Crippen LogP contribution in [0.25, 0.3) is 11.1 Å². The van der Waals surface area contributed by atoms with Gasteiger partial charge in [0.15, 0.2) is 0 Å². The summed E-state index contributed by atoms with van der Waals surface area (Å²) in [6.45, 7) is 4.10. The van der Waals surface area contributed by atoms with Crippen molar-refractivity contribution in [2.24, 2.45) is 0 Å². The van der Waals surface area contributed by atoms with Crippen molar-refractivity contribution < 1.29 is 24.2 Å². The van der Waals surface area contributed by atoms with Crippen LogP contribution in [0.2, 0.25) is 0 Å². The van der Waals surface area contributed by atoms with Gasteiger partial charge in [-0.2, -0.15) is 0 Å². The fourth-order valence-electron chi connectivity index (χ4n) is 4.53. The lowest BCUT2D eigenvalue weighted by Gasteiger charge is -2.23. The van der Waals surface area contributed by atoms with Crippen LogP contribution in [0.15, 0.2) is 48.5 Å². The van der Waals surface area contributed by atoms with E-state index in [-0.39, 0.29) is 24.9 Å². The minimum absolute atomic E-state index is 0.0643. The van der Waals surface area contributed by atoms with Gasteiger partial charge in [-0.15, -0.1) is 0 Å². The molecule has 0 bridgehead atoms. The van der Waals surface area contributed by atoms with Gasteiger partial charge in [0.25, 0.3) is 0 Å². The van der Waals surface area contributed by atoms with Crippen molar-refractivity contribution in [2.75, 3.05) is 6.61 Å². The highest BCUT2D eigenvalue weighted by molar-refractivity contribution is 5.86. The number of benzene rings is 2. The quantitative estimate of drug-likeness (QED) is 0.415. The summed E-state index contributed by atoms with van der Waals surface area (Å²) in [4.78, 5) is 36.7. The second-order valence-electron chi connectivity index (χ2n) is 8.76. The summed E-state index contributed by atoms with van der Waals surface area (Å²) >= 11 is 0. The number of unbranched alkanes of at least 4 members (excludes halogenated alkanes) is 1. The number of aliphatic carboxylic acids is 1. The molecule has 0 saturated carbocycles. The molecule has 1 unspecified atom stereocenters. The summed E-state index contributed by atoms with van der Waals surface area (Å²) in [5.41, 5.74) is 4.53. The Morgan fingerprint density at radius 3 is 2.09 bits per heavy atom. The van der Waals surface area contributed by atoms with Crippen molar-refractivity contribution in [1.82, 2.24) is 10.6 Å². The lowest BCUT2D eigenvalue weighted by molar-refractivity contribution is -0.137. The van der Waals surface area contributed by atoms with Crippen LogP contribution in [0.4, 0.5) is 4.79 Å². The molecule has 3 N–H and O–H groups in total. The fraction of sp³-hybridized carbons (Fsp3) is 0.444. The lowest BCUT2D eigenvalue weighted by Crippen LogP contribution is -2.50. The Hall–Kier alpha value is -3.35. The smallest absolute Gasteiger partial charge is 0.407 e. The maximum absolute atomic E-state index is 12.8. The third-order valence-corrected chi connectivity index (χ3v) is 6.20. The number of rotatable bonds is 12. The SMILES string of the molecule is CCCC[C@@H](CC(=O)O)NC(=O)C(CCC)NC(=O)OCC1c2ccccc2-c2ccccc21. The molecule has 3 rings (SSSR count). The Labute approximate surface area is 200 Å². The number of carboxylic acids is 1. The summed E-state index contributed by atoms with van der Waals surface area (Å²) < 4.78 is 5.58. The van der Waals surface area contributed by atoms with Crippen molar-refractivity contribution in [1.29, 1.82) is 0 Å². The van der Waals surface area contributed by atoms with E-state index >= 15 is 0 Å². The second kappa shape index (κ2) is 12.2. The molecular formula is C27H34N2O5. The van der Waals surface area contributed by atoms with E-state index in [1.165, 1.54) is 0 Å². The molecule has 0 spiro atoms. The van der Waals surface area contributed by atoms with Gasteiger partial charge in [0.05, 0.1) is 6.42 Å². The first-order valence-corrected chi connectivity index (χ1v) is 12.1. The van der Waals surface area contributed by atoms with Crippen LogP contribution in [0.1, 0.15) is 69.4 Å². The maximum atomic E-state index is 12.8. The summed E-state index contributed by atoms with van der Waals surface area (Å²) in [5, 5.41) is 14.6. The minimum Gasteiger partial charge on any atom is -0.481 e. The zero-order chi connectivity index (χ0) is 24.5. The standard InChI is InChI=1S/C27H34N2O5/c1-3-5-11-18(16-25(30)31)28-26(32)24(10-4-2)29-27(33)34-17-23-21-14-8-6-12-19(21)20-13-7-9-15-22(20)23/h6-9,12-15,18,23-24H,3-5,10-11,16-17H2,1-2H3,(H,28,32)(H,29,33)(H,30,31)/t18-,24?/m0/s1. The summed E-state index contributed by atoms with van der Waals surface area (Å²) in [5.74, 6) is -1.40. The number of hydrogen-bond donors (Lipinski definition) is 3. The van der Waals surface area contributed by atoms with Crippen LogP contribution in [-0.4, -0.2) is 41.8 Å². The van der Waals surface area contributed by atoms with Crippen LogP contribution in [0.5, 0.6) is 0 Å². The van der Waals surface area contributed by atoms with E-state index in [4.69, 9.17) is 9.84 Å². The van der Waals surface area contributed by atoms with Gasteiger partial charge in [-0.3, -0.25) is 9.59 Å². The molecule has 0 aromatic heterocycles. The summed E-state index contributed by atoms with van der Waals surface area (Å²) in [7, 11) is 0. The van der Waals surface area contributed by atoms with E-state index in [9.17, 15) is 14.4 Å². The predicted molar refractivity (Wildman–Crippen MR) is 131 cm³/mol.